The lowest BCUT2D eigenvalue weighted by Gasteiger charge is -2.27. The van der Waals surface area contributed by atoms with Gasteiger partial charge >= 0.3 is 0 Å². The zero-order chi connectivity index (χ0) is 10.8. The van der Waals surface area contributed by atoms with Crippen LogP contribution in [0.2, 0.25) is 0 Å². The van der Waals surface area contributed by atoms with E-state index >= 15 is 0 Å². The summed E-state index contributed by atoms with van der Waals surface area (Å²) in [4.78, 5) is 11.8. The highest BCUT2D eigenvalue weighted by Crippen LogP contribution is 2.45. The lowest BCUT2D eigenvalue weighted by atomic mass is 9.98. The maximum absolute atomic E-state index is 11.8. The molecule has 0 aliphatic heterocycles. The molecule has 1 aliphatic rings. The van der Waals surface area contributed by atoms with Crippen molar-refractivity contribution in [1.82, 2.24) is 5.32 Å². The highest BCUT2D eigenvalue weighted by atomic mass is 16.3. The van der Waals surface area contributed by atoms with Gasteiger partial charge in [-0.3, -0.25) is 4.79 Å². The van der Waals surface area contributed by atoms with Crippen molar-refractivity contribution in [3.8, 4) is 0 Å². The maximum Gasteiger partial charge on any atom is 0.227 e. The van der Waals surface area contributed by atoms with Crippen molar-refractivity contribution in [1.29, 1.82) is 0 Å². The maximum atomic E-state index is 11.8. The molecule has 14 heavy (non-hydrogen) atoms. The van der Waals surface area contributed by atoms with Crippen molar-refractivity contribution in [2.45, 2.75) is 38.6 Å². The summed E-state index contributed by atoms with van der Waals surface area (Å²) in [6.07, 6.45) is 2.36. The number of hydrogen-bond acceptors (Lipinski definition) is 3. The number of carbonyl (C=O) groups is 1. The van der Waals surface area contributed by atoms with Gasteiger partial charge < -0.3 is 16.2 Å². The summed E-state index contributed by atoms with van der Waals surface area (Å²) in [5.74, 6) is 0.0402. The first-order chi connectivity index (χ1) is 6.46. The van der Waals surface area contributed by atoms with Gasteiger partial charge in [0.2, 0.25) is 5.91 Å². The largest absolute Gasteiger partial charge is 0.396 e. The van der Waals surface area contributed by atoms with Gasteiger partial charge in [-0.1, -0.05) is 0 Å². The molecule has 1 aliphatic carbocycles. The molecule has 0 saturated heterocycles. The minimum atomic E-state index is -0.337. The third kappa shape index (κ3) is 2.45. The Kier molecular flexibility index (Phi) is 3.17. The van der Waals surface area contributed by atoms with Crippen LogP contribution in [-0.4, -0.2) is 29.7 Å². The van der Waals surface area contributed by atoms with Gasteiger partial charge in [0.25, 0.3) is 0 Å². The SMILES string of the molecule is CC(C)(CCO)NC(=O)C1(CN)CC1. The number of aliphatic hydroxyl groups is 1. The lowest BCUT2D eigenvalue weighted by Crippen LogP contribution is -2.48. The van der Waals surface area contributed by atoms with Crippen LogP contribution in [0.3, 0.4) is 0 Å². The minimum absolute atomic E-state index is 0.0402. The molecule has 4 N–H and O–H groups in total. The van der Waals surface area contributed by atoms with E-state index in [0.717, 1.165) is 12.8 Å². The molecule has 0 aromatic rings. The average molecular weight is 200 g/mol. The Bertz CT molecular complexity index is 222. The van der Waals surface area contributed by atoms with Crippen LogP contribution in [0.1, 0.15) is 33.1 Å². The number of rotatable bonds is 5. The molecule has 0 heterocycles. The zero-order valence-electron chi connectivity index (χ0n) is 8.97. The molecule has 4 heteroatoms. The quantitative estimate of drug-likeness (QED) is 0.585. The Labute approximate surface area is 84.9 Å². The lowest BCUT2D eigenvalue weighted by molar-refractivity contribution is -0.127. The topological polar surface area (TPSA) is 75.3 Å². The Morgan fingerprint density at radius 1 is 1.57 bits per heavy atom. The number of aliphatic hydroxyl groups excluding tert-OH is 1. The smallest absolute Gasteiger partial charge is 0.227 e. The monoisotopic (exact) mass is 200 g/mol. The highest BCUT2D eigenvalue weighted by molar-refractivity contribution is 5.86. The normalized spacial score (nSPS) is 19.1. The fraction of sp³-hybridized carbons (Fsp3) is 0.900. The molecule has 0 unspecified atom stereocenters. The van der Waals surface area contributed by atoms with Crippen molar-refractivity contribution >= 4 is 5.91 Å². The molecule has 0 radical (unpaired) electrons. The number of amides is 1. The van der Waals surface area contributed by atoms with E-state index in [2.05, 4.69) is 5.32 Å². The van der Waals surface area contributed by atoms with Gasteiger partial charge in [-0.25, -0.2) is 0 Å². The van der Waals surface area contributed by atoms with Crippen LogP contribution in [0.15, 0.2) is 0 Å². The molecule has 82 valence electrons. The fourth-order valence-corrected chi connectivity index (χ4v) is 1.46. The van der Waals surface area contributed by atoms with Crippen LogP contribution in [0.5, 0.6) is 0 Å². The van der Waals surface area contributed by atoms with Gasteiger partial charge in [0.1, 0.15) is 0 Å². The molecule has 1 amide bonds. The predicted molar refractivity (Wildman–Crippen MR) is 54.6 cm³/mol. The number of nitrogens with one attached hydrogen (secondary N) is 1. The summed E-state index contributed by atoms with van der Waals surface area (Å²) in [7, 11) is 0. The van der Waals surface area contributed by atoms with Crippen molar-refractivity contribution < 1.29 is 9.90 Å². The van der Waals surface area contributed by atoms with Crippen molar-refractivity contribution in [3.63, 3.8) is 0 Å². The van der Waals surface area contributed by atoms with Crippen molar-refractivity contribution in [3.05, 3.63) is 0 Å². The molecule has 0 aromatic carbocycles. The second-order valence-corrected chi connectivity index (χ2v) is 4.80. The second-order valence-electron chi connectivity index (χ2n) is 4.80. The van der Waals surface area contributed by atoms with Crippen molar-refractivity contribution in [2.24, 2.45) is 11.1 Å². The van der Waals surface area contributed by atoms with Crippen molar-refractivity contribution in [2.75, 3.05) is 13.2 Å². The standard InChI is InChI=1S/C10H20N2O2/c1-9(2,5-6-13)12-8(14)10(7-11)3-4-10/h13H,3-7,11H2,1-2H3,(H,12,14). The van der Waals surface area contributed by atoms with E-state index in [-0.39, 0.29) is 23.5 Å². The van der Waals surface area contributed by atoms with Crippen LogP contribution in [0.25, 0.3) is 0 Å². The summed E-state index contributed by atoms with van der Waals surface area (Å²) < 4.78 is 0. The Hall–Kier alpha value is -0.610. The summed E-state index contributed by atoms with van der Waals surface area (Å²) in [6.45, 7) is 4.33. The van der Waals surface area contributed by atoms with Crippen LogP contribution >= 0.6 is 0 Å². The van der Waals surface area contributed by atoms with Crippen LogP contribution in [-0.2, 0) is 4.79 Å². The van der Waals surface area contributed by atoms with Gasteiger partial charge in [-0.2, -0.15) is 0 Å². The highest BCUT2D eigenvalue weighted by Gasteiger charge is 2.49. The fourth-order valence-electron chi connectivity index (χ4n) is 1.46. The Morgan fingerprint density at radius 2 is 2.14 bits per heavy atom. The van der Waals surface area contributed by atoms with E-state index in [1.54, 1.807) is 0 Å². The molecule has 4 nitrogen and oxygen atoms in total. The van der Waals surface area contributed by atoms with E-state index in [1.165, 1.54) is 0 Å². The summed E-state index contributed by atoms with van der Waals surface area (Å²) in [5.41, 5.74) is 4.92. The van der Waals surface area contributed by atoms with Crippen LogP contribution < -0.4 is 11.1 Å². The first-order valence-electron chi connectivity index (χ1n) is 5.09. The number of hydrogen-bond donors (Lipinski definition) is 3. The van der Waals surface area contributed by atoms with E-state index < -0.39 is 0 Å². The van der Waals surface area contributed by atoms with Gasteiger partial charge in [-0.15, -0.1) is 0 Å². The molecular formula is C10H20N2O2. The van der Waals surface area contributed by atoms with E-state index in [4.69, 9.17) is 10.8 Å². The van der Waals surface area contributed by atoms with E-state index in [9.17, 15) is 4.79 Å². The van der Waals surface area contributed by atoms with Gasteiger partial charge in [0.15, 0.2) is 0 Å². The summed E-state index contributed by atoms with van der Waals surface area (Å²) in [5, 5.41) is 11.7. The zero-order valence-corrected chi connectivity index (χ0v) is 8.97. The molecule has 1 rings (SSSR count). The van der Waals surface area contributed by atoms with Crippen LogP contribution in [0, 0.1) is 5.41 Å². The molecule has 0 atom stereocenters. The first kappa shape index (κ1) is 11.5. The number of nitrogens with two attached hydrogens (primary N) is 1. The Morgan fingerprint density at radius 3 is 2.50 bits per heavy atom. The molecular weight excluding hydrogens is 180 g/mol. The molecule has 1 saturated carbocycles. The third-order valence-corrected chi connectivity index (χ3v) is 2.91. The summed E-state index contributed by atoms with van der Waals surface area (Å²) in [6, 6.07) is 0. The first-order valence-corrected chi connectivity index (χ1v) is 5.09. The molecule has 0 bridgehead atoms. The summed E-state index contributed by atoms with van der Waals surface area (Å²) >= 11 is 0. The third-order valence-electron chi connectivity index (χ3n) is 2.91. The molecule has 0 spiro atoms. The second kappa shape index (κ2) is 3.87. The average Bonchev–Trinajstić information content (AvgIpc) is 2.82. The minimum Gasteiger partial charge on any atom is -0.396 e. The van der Waals surface area contributed by atoms with E-state index in [1.807, 2.05) is 13.8 Å². The Balaban J connectivity index is 2.48. The van der Waals surface area contributed by atoms with E-state index in [0.29, 0.717) is 13.0 Å². The molecule has 1 fully saturated rings. The van der Waals surface area contributed by atoms with Gasteiger partial charge in [0, 0.05) is 18.7 Å². The number of carbonyl (C=O) groups excluding carboxylic acids is 1. The van der Waals surface area contributed by atoms with Crippen LogP contribution in [0.4, 0.5) is 0 Å². The van der Waals surface area contributed by atoms with Gasteiger partial charge in [-0.05, 0) is 33.1 Å². The predicted octanol–water partition coefficient (Wildman–Crippen LogP) is 0.00250. The molecule has 0 aromatic heterocycles. The van der Waals surface area contributed by atoms with Gasteiger partial charge in [0.05, 0.1) is 5.41 Å².